The van der Waals surface area contributed by atoms with Crippen LogP contribution in [0.25, 0.3) is 6.08 Å². The van der Waals surface area contributed by atoms with Crippen LogP contribution in [0.1, 0.15) is 21.6 Å². The van der Waals surface area contributed by atoms with Crippen molar-refractivity contribution in [3.05, 3.63) is 86.9 Å². The highest BCUT2D eigenvalue weighted by Crippen LogP contribution is 2.23. The maximum Gasteiger partial charge on any atom is 0.255 e. The molecule has 3 aromatic rings. The summed E-state index contributed by atoms with van der Waals surface area (Å²) in [7, 11) is 1.51. The van der Waals surface area contributed by atoms with Crippen molar-refractivity contribution in [1.82, 2.24) is 19.7 Å². The van der Waals surface area contributed by atoms with Crippen molar-refractivity contribution < 1.29 is 19.1 Å². The number of ether oxygens (including phenoxy) is 1. The first-order valence-electron chi connectivity index (χ1n) is 13.5. The summed E-state index contributed by atoms with van der Waals surface area (Å²) in [5, 5.41) is 5.46. The van der Waals surface area contributed by atoms with Gasteiger partial charge in [-0.15, -0.1) is 11.3 Å². The minimum absolute atomic E-state index is 0.00818. The number of amides is 3. The molecule has 3 amide bonds. The van der Waals surface area contributed by atoms with Gasteiger partial charge >= 0.3 is 0 Å². The summed E-state index contributed by atoms with van der Waals surface area (Å²) in [6.45, 7) is 3.99. The number of carbonyl (C=O) groups excluding carboxylic acids is 3. The van der Waals surface area contributed by atoms with Gasteiger partial charge in [-0.05, 0) is 23.8 Å². The number of thiazole rings is 1. The molecule has 4 rings (SSSR count). The highest BCUT2D eigenvalue weighted by Gasteiger charge is 2.23. The van der Waals surface area contributed by atoms with Gasteiger partial charge in [-0.25, -0.2) is 4.98 Å². The molecule has 0 radical (unpaired) electrons. The Bertz CT molecular complexity index is 1390. The van der Waals surface area contributed by atoms with E-state index in [-0.39, 0.29) is 42.6 Å². The van der Waals surface area contributed by atoms with Gasteiger partial charge in [0.1, 0.15) is 6.54 Å². The highest BCUT2D eigenvalue weighted by atomic mass is 35.5. The van der Waals surface area contributed by atoms with E-state index in [1.54, 1.807) is 11.4 Å². The molecule has 1 aliphatic heterocycles. The second-order valence-electron chi connectivity index (χ2n) is 9.71. The standard InChI is InChI=1S/C30H33Cl2N5O4S/c1-41-17-16-37(29(40)25-10-9-23(31)18-26(25)32)20-27(38)34-30-33-24(21-42-30)19-28(39)36-14-12-35(13-15-36)11-5-8-22-6-3-2-4-7-22/h2-10,18,21H,11-17,19-20H2,1H3,(H,33,34,38). The van der Waals surface area contributed by atoms with E-state index in [9.17, 15) is 14.4 Å². The van der Waals surface area contributed by atoms with Gasteiger partial charge in [-0.2, -0.15) is 0 Å². The van der Waals surface area contributed by atoms with E-state index < -0.39 is 11.8 Å². The Hall–Kier alpha value is -3.28. The molecule has 2 aromatic carbocycles. The van der Waals surface area contributed by atoms with E-state index in [2.05, 4.69) is 39.5 Å². The third kappa shape index (κ3) is 9.37. The van der Waals surface area contributed by atoms with Crippen molar-refractivity contribution in [2.45, 2.75) is 6.42 Å². The number of nitrogens with one attached hydrogen (secondary N) is 1. The molecule has 0 saturated carbocycles. The van der Waals surface area contributed by atoms with Crippen molar-refractivity contribution in [2.24, 2.45) is 0 Å². The van der Waals surface area contributed by atoms with Gasteiger partial charge in [0.15, 0.2) is 5.13 Å². The van der Waals surface area contributed by atoms with E-state index in [0.717, 1.165) is 19.6 Å². The van der Waals surface area contributed by atoms with Crippen molar-refractivity contribution >= 4 is 63.5 Å². The highest BCUT2D eigenvalue weighted by molar-refractivity contribution is 7.13. The number of aromatic nitrogens is 1. The van der Waals surface area contributed by atoms with Crippen molar-refractivity contribution in [3.63, 3.8) is 0 Å². The van der Waals surface area contributed by atoms with Crippen LogP contribution in [-0.4, -0.2) is 96.9 Å². The average molecular weight is 631 g/mol. The Labute approximate surface area is 259 Å². The zero-order chi connectivity index (χ0) is 29.9. The summed E-state index contributed by atoms with van der Waals surface area (Å²) in [6.07, 6.45) is 4.42. The molecule has 222 valence electrons. The number of benzene rings is 2. The van der Waals surface area contributed by atoms with Crippen LogP contribution in [-0.2, 0) is 20.7 Å². The Balaban J connectivity index is 1.24. The predicted molar refractivity (Wildman–Crippen MR) is 167 cm³/mol. The summed E-state index contributed by atoms with van der Waals surface area (Å²) in [5.74, 6) is -0.829. The first kappa shape index (κ1) is 31.7. The molecule has 0 spiro atoms. The number of methoxy groups -OCH3 is 1. The molecule has 1 saturated heterocycles. The van der Waals surface area contributed by atoms with Crippen molar-refractivity contribution in [2.75, 3.05) is 64.8 Å². The Kier molecular flexibility index (Phi) is 11.9. The molecule has 0 aliphatic carbocycles. The molecule has 1 fully saturated rings. The number of anilines is 1. The third-order valence-electron chi connectivity index (χ3n) is 6.68. The number of hydrogen-bond acceptors (Lipinski definition) is 7. The Morgan fingerprint density at radius 3 is 2.57 bits per heavy atom. The van der Waals surface area contributed by atoms with Crippen LogP contribution in [0, 0.1) is 0 Å². The second-order valence-corrected chi connectivity index (χ2v) is 11.4. The van der Waals surface area contributed by atoms with Gasteiger partial charge < -0.3 is 19.9 Å². The zero-order valence-electron chi connectivity index (χ0n) is 23.3. The minimum Gasteiger partial charge on any atom is -0.383 e. The van der Waals surface area contributed by atoms with Gasteiger partial charge in [0, 0.05) is 56.8 Å². The summed E-state index contributed by atoms with van der Waals surface area (Å²) < 4.78 is 5.11. The molecule has 1 aromatic heterocycles. The van der Waals surface area contributed by atoms with Crippen LogP contribution >= 0.6 is 34.5 Å². The van der Waals surface area contributed by atoms with E-state index in [1.165, 1.54) is 41.0 Å². The van der Waals surface area contributed by atoms with E-state index in [1.807, 2.05) is 23.1 Å². The monoisotopic (exact) mass is 629 g/mol. The third-order valence-corrected chi connectivity index (χ3v) is 8.03. The van der Waals surface area contributed by atoms with E-state index in [4.69, 9.17) is 27.9 Å². The second kappa shape index (κ2) is 15.8. The minimum atomic E-state index is -0.422. The zero-order valence-corrected chi connectivity index (χ0v) is 25.6. The first-order chi connectivity index (χ1) is 20.3. The number of halogens is 2. The fourth-order valence-corrected chi connectivity index (χ4v) is 5.63. The molecule has 0 atom stereocenters. The number of hydrogen-bond donors (Lipinski definition) is 1. The number of piperazine rings is 1. The lowest BCUT2D eigenvalue weighted by Gasteiger charge is -2.34. The molecule has 1 aliphatic rings. The lowest BCUT2D eigenvalue weighted by Crippen LogP contribution is -2.49. The molecule has 9 nitrogen and oxygen atoms in total. The lowest BCUT2D eigenvalue weighted by molar-refractivity contribution is -0.132. The quantitative estimate of drug-likeness (QED) is 0.315. The molecule has 42 heavy (non-hydrogen) atoms. The van der Waals surface area contributed by atoms with Crippen LogP contribution < -0.4 is 5.32 Å². The summed E-state index contributed by atoms with van der Waals surface area (Å²) in [5.41, 5.74) is 2.00. The predicted octanol–water partition coefficient (Wildman–Crippen LogP) is 4.58. The number of rotatable bonds is 12. The fraction of sp³-hybridized carbons (Fsp3) is 0.333. The van der Waals surface area contributed by atoms with Crippen LogP contribution in [0.2, 0.25) is 10.0 Å². The largest absolute Gasteiger partial charge is 0.383 e. The lowest BCUT2D eigenvalue weighted by atomic mass is 10.2. The molecule has 0 unspecified atom stereocenters. The SMILES string of the molecule is COCCN(CC(=O)Nc1nc(CC(=O)N2CCN(CC=Cc3ccccc3)CC2)cs1)C(=O)c1ccc(Cl)cc1Cl. The fourth-order valence-electron chi connectivity index (χ4n) is 4.41. The molecular weight excluding hydrogens is 597 g/mol. The summed E-state index contributed by atoms with van der Waals surface area (Å²) in [6, 6.07) is 14.7. The molecule has 2 heterocycles. The van der Waals surface area contributed by atoms with Crippen LogP contribution in [0.3, 0.4) is 0 Å². The van der Waals surface area contributed by atoms with Crippen molar-refractivity contribution in [3.8, 4) is 0 Å². The van der Waals surface area contributed by atoms with Gasteiger partial charge in [-0.1, -0.05) is 65.7 Å². The van der Waals surface area contributed by atoms with Gasteiger partial charge in [0.05, 0.1) is 29.3 Å². The summed E-state index contributed by atoms with van der Waals surface area (Å²) >= 11 is 13.4. The van der Waals surface area contributed by atoms with E-state index >= 15 is 0 Å². The molecule has 1 N–H and O–H groups in total. The first-order valence-corrected chi connectivity index (χ1v) is 15.1. The molecule has 12 heteroatoms. The van der Waals surface area contributed by atoms with E-state index in [0.29, 0.717) is 28.9 Å². The normalized spacial score (nSPS) is 13.8. The Morgan fingerprint density at radius 2 is 1.86 bits per heavy atom. The average Bonchev–Trinajstić information content (AvgIpc) is 3.42. The van der Waals surface area contributed by atoms with Gasteiger partial charge in [-0.3, -0.25) is 19.3 Å². The van der Waals surface area contributed by atoms with Crippen LogP contribution in [0.5, 0.6) is 0 Å². The smallest absolute Gasteiger partial charge is 0.255 e. The Morgan fingerprint density at radius 1 is 1.10 bits per heavy atom. The summed E-state index contributed by atoms with van der Waals surface area (Å²) in [4.78, 5) is 48.7. The van der Waals surface area contributed by atoms with Crippen LogP contribution in [0.4, 0.5) is 5.13 Å². The number of nitrogens with zero attached hydrogens (tertiary/aromatic N) is 4. The van der Waals surface area contributed by atoms with Gasteiger partial charge in [0.2, 0.25) is 11.8 Å². The van der Waals surface area contributed by atoms with Gasteiger partial charge in [0.25, 0.3) is 5.91 Å². The molecular formula is C30H33Cl2N5O4S. The van der Waals surface area contributed by atoms with Crippen molar-refractivity contribution in [1.29, 1.82) is 0 Å². The molecule has 0 bridgehead atoms. The maximum absolute atomic E-state index is 13.1. The topological polar surface area (TPSA) is 95.1 Å². The number of carbonyl (C=O) groups is 3. The van der Waals surface area contributed by atoms with Crippen LogP contribution in [0.15, 0.2) is 60.0 Å². The maximum atomic E-state index is 13.1.